The summed E-state index contributed by atoms with van der Waals surface area (Å²) in [5, 5.41) is 3.91. The largest absolute Gasteiger partial charge is 0.497 e. The highest BCUT2D eigenvalue weighted by molar-refractivity contribution is 9.10. The van der Waals surface area contributed by atoms with E-state index in [0.29, 0.717) is 26.6 Å². The van der Waals surface area contributed by atoms with Gasteiger partial charge in [-0.3, -0.25) is 9.59 Å². The third-order valence-corrected chi connectivity index (χ3v) is 7.52. The molecule has 0 aliphatic heterocycles. The Labute approximate surface area is 222 Å². The van der Waals surface area contributed by atoms with Gasteiger partial charge in [0, 0.05) is 27.2 Å². The molecule has 2 N–H and O–H groups in total. The maximum Gasteiger partial charge on any atom is 0.333 e. The molecule has 0 atom stereocenters. The first kappa shape index (κ1) is 25.0. The predicted molar refractivity (Wildman–Crippen MR) is 146 cm³/mol. The van der Waals surface area contributed by atoms with Gasteiger partial charge in [0.05, 0.1) is 35.5 Å². The van der Waals surface area contributed by atoms with Crippen LogP contribution in [0, 0.1) is 0 Å². The topological polar surface area (TPSA) is 132 Å². The number of halogens is 1. The number of H-pyrrole nitrogens is 1. The molecular formula is C24H19BrN4O6S2. The van der Waals surface area contributed by atoms with E-state index in [1.54, 1.807) is 51.7 Å². The van der Waals surface area contributed by atoms with Crippen LogP contribution in [0.4, 0.5) is 0 Å². The molecule has 37 heavy (non-hydrogen) atoms. The van der Waals surface area contributed by atoms with Crippen LogP contribution in [0.2, 0.25) is 0 Å². The Hall–Kier alpha value is -3.68. The second kappa shape index (κ2) is 9.32. The quantitative estimate of drug-likeness (QED) is 0.307. The van der Waals surface area contributed by atoms with E-state index in [0.717, 1.165) is 16.4 Å². The maximum absolute atomic E-state index is 13.5. The van der Waals surface area contributed by atoms with E-state index in [4.69, 9.17) is 4.74 Å². The zero-order valence-corrected chi connectivity index (χ0v) is 22.7. The van der Waals surface area contributed by atoms with E-state index in [1.165, 1.54) is 18.4 Å². The van der Waals surface area contributed by atoms with Gasteiger partial charge in [-0.2, -0.15) is 0 Å². The molecule has 0 aliphatic rings. The number of amides is 1. The molecule has 1 amide bonds. The zero-order chi connectivity index (χ0) is 26.5. The number of benzene rings is 2. The first-order valence-electron chi connectivity index (χ1n) is 10.8. The van der Waals surface area contributed by atoms with Crippen LogP contribution in [-0.2, 0) is 16.6 Å². The molecule has 0 spiro atoms. The third-order valence-electron chi connectivity index (χ3n) is 5.73. The van der Waals surface area contributed by atoms with E-state index in [9.17, 15) is 22.8 Å². The van der Waals surface area contributed by atoms with Crippen LogP contribution in [-0.4, -0.2) is 41.8 Å². The molecule has 0 saturated carbocycles. The number of carbonyl (C=O) groups excluding carboxylic acids is 1. The van der Waals surface area contributed by atoms with Crippen molar-refractivity contribution in [2.75, 3.05) is 13.4 Å². The van der Waals surface area contributed by atoms with Gasteiger partial charge in [-0.25, -0.2) is 22.5 Å². The predicted octanol–water partition coefficient (Wildman–Crippen LogP) is 3.20. The van der Waals surface area contributed by atoms with E-state index in [-0.39, 0.29) is 23.3 Å². The van der Waals surface area contributed by atoms with Crippen molar-refractivity contribution in [3.05, 3.63) is 89.8 Å². The smallest absolute Gasteiger partial charge is 0.333 e. The fourth-order valence-electron chi connectivity index (χ4n) is 4.25. The number of rotatable bonds is 6. The summed E-state index contributed by atoms with van der Waals surface area (Å²) in [7, 11) is -2.44. The molecule has 190 valence electrons. The number of thiophene rings is 1. The number of nitrogens with one attached hydrogen (secondary N) is 2. The number of fused-ring (bicyclic) bond motifs is 2. The van der Waals surface area contributed by atoms with E-state index in [2.05, 4.69) is 20.9 Å². The van der Waals surface area contributed by atoms with Gasteiger partial charge in [-0.1, -0.05) is 28.1 Å². The molecule has 13 heteroatoms. The summed E-state index contributed by atoms with van der Waals surface area (Å²) in [6.07, 6.45) is 0.854. The molecule has 0 saturated heterocycles. The Kier molecular flexibility index (Phi) is 6.30. The summed E-state index contributed by atoms with van der Waals surface area (Å²) in [5.74, 6) is -0.390. The summed E-state index contributed by atoms with van der Waals surface area (Å²) in [6, 6.07) is 12.3. The highest BCUT2D eigenvalue weighted by Gasteiger charge is 2.28. The highest BCUT2D eigenvalue weighted by atomic mass is 79.9. The molecule has 2 aromatic carbocycles. The Morgan fingerprint density at radius 1 is 1.14 bits per heavy atom. The average molecular weight is 603 g/mol. The first-order valence-corrected chi connectivity index (χ1v) is 14.4. The summed E-state index contributed by atoms with van der Waals surface area (Å²) in [5.41, 5.74) is 0.0477. The molecule has 3 heterocycles. The van der Waals surface area contributed by atoms with Crippen molar-refractivity contribution < 1.29 is 17.9 Å². The summed E-state index contributed by atoms with van der Waals surface area (Å²) >= 11 is 4.67. The molecule has 5 rings (SSSR count). The standard InChI is InChI=1S/C24H19BrN4O6S2/c1-35-15-5-3-4-13(8-15)10-28-19-7-6-14(25)9-16(19)20(21(28)22(30)27-37(2,33)34)29-23(31)17-11-36-12-18(17)26-24(29)32/h3-9,11-12H,10H2,1-2H3,(H,26,32)(H,27,30). The number of carbonyl (C=O) groups is 1. The third kappa shape index (κ3) is 4.61. The second-order valence-corrected chi connectivity index (χ2v) is 11.7. The fraction of sp³-hybridized carbons (Fsp3) is 0.125. The van der Waals surface area contributed by atoms with Gasteiger partial charge < -0.3 is 14.3 Å². The molecule has 10 nitrogen and oxygen atoms in total. The van der Waals surface area contributed by atoms with Gasteiger partial charge in [0.15, 0.2) is 0 Å². The second-order valence-electron chi connectivity index (χ2n) is 8.27. The number of aromatic nitrogens is 3. The van der Waals surface area contributed by atoms with E-state index in [1.807, 2.05) is 10.8 Å². The van der Waals surface area contributed by atoms with Crippen molar-refractivity contribution >= 4 is 65.0 Å². The zero-order valence-electron chi connectivity index (χ0n) is 19.4. The number of nitrogens with zero attached hydrogens (tertiary/aromatic N) is 2. The van der Waals surface area contributed by atoms with Crippen LogP contribution in [0.15, 0.2) is 67.3 Å². The molecular weight excluding hydrogens is 584 g/mol. The fourth-order valence-corrected chi connectivity index (χ4v) is 5.79. The number of hydrogen-bond acceptors (Lipinski definition) is 7. The number of hydrogen-bond donors (Lipinski definition) is 2. The lowest BCUT2D eigenvalue weighted by molar-refractivity contribution is 0.0973. The van der Waals surface area contributed by atoms with Crippen molar-refractivity contribution in [3.63, 3.8) is 0 Å². The Bertz CT molecular complexity index is 1930. The van der Waals surface area contributed by atoms with Crippen LogP contribution in [0.5, 0.6) is 5.75 Å². The Morgan fingerprint density at radius 2 is 1.92 bits per heavy atom. The van der Waals surface area contributed by atoms with Crippen LogP contribution in [0.3, 0.4) is 0 Å². The number of ether oxygens (including phenoxy) is 1. The lowest BCUT2D eigenvalue weighted by atomic mass is 10.2. The minimum absolute atomic E-state index is 0.0281. The van der Waals surface area contributed by atoms with Crippen LogP contribution < -0.4 is 20.7 Å². The van der Waals surface area contributed by atoms with Gasteiger partial charge in [0.1, 0.15) is 11.4 Å². The van der Waals surface area contributed by atoms with Crippen molar-refractivity contribution in [2.24, 2.45) is 0 Å². The van der Waals surface area contributed by atoms with Crippen molar-refractivity contribution in [1.82, 2.24) is 18.8 Å². The van der Waals surface area contributed by atoms with Crippen LogP contribution in [0.1, 0.15) is 16.1 Å². The normalized spacial score (nSPS) is 11.8. The van der Waals surface area contributed by atoms with Crippen molar-refractivity contribution in [1.29, 1.82) is 0 Å². The van der Waals surface area contributed by atoms with Crippen LogP contribution >= 0.6 is 27.3 Å². The summed E-state index contributed by atoms with van der Waals surface area (Å²) < 4.78 is 34.5. The van der Waals surface area contributed by atoms with Gasteiger partial charge in [0.25, 0.3) is 11.5 Å². The molecule has 0 unspecified atom stereocenters. The molecule has 0 aliphatic carbocycles. The molecule has 0 fully saturated rings. The molecule has 3 aromatic heterocycles. The number of aromatic amines is 1. The number of methoxy groups -OCH3 is 1. The van der Waals surface area contributed by atoms with Crippen LogP contribution in [0.25, 0.3) is 27.5 Å². The first-order chi connectivity index (χ1) is 17.6. The number of sulfonamides is 1. The minimum atomic E-state index is -3.98. The van der Waals surface area contributed by atoms with E-state index >= 15 is 0 Å². The van der Waals surface area contributed by atoms with Crippen molar-refractivity contribution in [3.8, 4) is 11.4 Å². The SMILES string of the molecule is COc1cccc(Cn2c(C(=O)NS(C)(=O)=O)c(-n3c(=O)[nH]c4cscc4c3=O)c3cc(Br)ccc32)c1. The maximum atomic E-state index is 13.5. The monoisotopic (exact) mass is 602 g/mol. The lowest BCUT2D eigenvalue weighted by Crippen LogP contribution is -2.37. The summed E-state index contributed by atoms with van der Waals surface area (Å²) in [6.45, 7) is 0.120. The van der Waals surface area contributed by atoms with Crippen molar-refractivity contribution in [2.45, 2.75) is 6.54 Å². The van der Waals surface area contributed by atoms with Gasteiger partial charge in [-0.05, 0) is 35.9 Å². The van der Waals surface area contributed by atoms with Gasteiger partial charge in [0.2, 0.25) is 10.0 Å². The average Bonchev–Trinajstić information content (AvgIpc) is 3.41. The molecule has 0 bridgehead atoms. The Morgan fingerprint density at radius 3 is 2.65 bits per heavy atom. The minimum Gasteiger partial charge on any atom is -0.497 e. The highest BCUT2D eigenvalue weighted by Crippen LogP contribution is 2.32. The lowest BCUT2D eigenvalue weighted by Gasteiger charge is -2.13. The molecule has 5 aromatic rings. The van der Waals surface area contributed by atoms with Gasteiger partial charge >= 0.3 is 5.69 Å². The van der Waals surface area contributed by atoms with Gasteiger partial charge in [-0.15, -0.1) is 11.3 Å². The Balaban J connectivity index is 1.90. The summed E-state index contributed by atoms with van der Waals surface area (Å²) in [4.78, 5) is 42.9. The molecule has 0 radical (unpaired) electrons. The van der Waals surface area contributed by atoms with E-state index < -0.39 is 27.2 Å².